The minimum atomic E-state index is -0.632. The summed E-state index contributed by atoms with van der Waals surface area (Å²) in [5, 5.41) is 0. The molecule has 0 spiro atoms. The zero-order valence-electron chi connectivity index (χ0n) is 20.7. The molecule has 35 heavy (non-hydrogen) atoms. The Morgan fingerprint density at radius 1 is 1.09 bits per heavy atom. The van der Waals surface area contributed by atoms with Gasteiger partial charge in [-0.05, 0) is 70.3 Å². The minimum Gasteiger partial charge on any atom is -0.463 e. The lowest BCUT2D eigenvalue weighted by atomic mass is 9.77. The van der Waals surface area contributed by atoms with E-state index in [2.05, 4.69) is 39.2 Å². The highest BCUT2D eigenvalue weighted by atomic mass is 16.5. The van der Waals surface area contributed by atoms with Crippen molar-refractivity contribution >= 4 is 17.2 Å². The first-order chi connectivity index (χ1) is 16.7. The molecule has 1 fully saturated rings. The van der Waals surface area contributed by atoms with Crippen molar-refractivity contribution in [3.63, 3.8) is 0 Å². The smallest absolute Gasteiger partial charge is 0.459 e. The Labute approximate surface area is 204 Å². The molecule has 1 saturated carbocycles. The number of nitrogens with zero attached hydrogens (tertiary/aromatic N) is 5. The molecule has 0 bridgehead atoms. The van der Waals surface area contributed by atoms with Crippen molar-refractivity contribution in [2.45, 2.75) is 70.8 Å². The van der Waals surface area contributed by atoms with Crippen LogP contribution in [-0.2, 0) is 13.5 Å². The number of aromatic nitrogens is 4. The summed E-state index contributed by atoms with van der Waals surface area (Å²) in [6, 6.07) is 8.70. The molecule has 9 heteroatoms. The normalized spacial score (nSPS) is 21.2. The molecule has 5 rings (SSSR count). The van der Waals surface area contributed by atoms with E-state index in [1.165, 1.54) is 23.1 Å². The summed E-state index contributed by atoms with van der Waals surface area (Å²) in [6.45, 7) is 5.78. The standard InChI is InChI=1S/C26H32N6O3/c1-15-28-23(27)21-24(29-15)34-26(2,3)22(31-21)19-12-10-18(11-13-19)17-8-5-16(6-9-17)7-14-20-30-25(33)35-32(20)4/h10-13,16-17H,5-9,14H2,1-4H3,(H2,27,28,29)/t16-,17-. The molecule has 0 amide bonds. The van der Waals surface area contributed by atoms with Crippen molar-refractivity contribution in [3.8, 4) is 5.88 Å². The summed E-state index contributed by atoms with van der Waals surface area (Å²) in [4.78, 5) is 28.7. The molecule has 2 N–H and O–H groups in total. The van der Waals surface area contributed by atoms with Crippen LogP contribution in [0.2, 0.25) is 0 Å². The Kier molecular flexibility index (Phi) is 5.94. The van der Waals surface area contributed by atoms with Crippen molar-refractivity contribution in [3.05, 3.63) is 57.6 Å². The molecule has 2 aliphatic rings. The number of aliphatic imine (C=N–C) groups is 1. The zero-order valence-corrected chi connectivity index (χ0v) is 20.7. The van der Waals surface area contributed by atoms with Crippen molar-refractivity contribution in [2.75, 3.05) is 5.73 Å². The summed E-state index contributed by atoms with van der Waals surface area (Å²) in [7, 11) is 1.73. The molecule has 2 aromatic heterocycles. The number of nitrogens with two attached hydrogens (primary N) is 1. The Morgan fingerprint density at radius 2 is 1.80 bits per heavy atom. The van der Waals surface area contributed by atoms with Crippen LogP contribution in [0.5, 0.6) is 5.88 Å². The predicted octanol–water partition coefficient (Wildman–Crippen LogP) is 4.25. The highest BCUT2D eigenvalue weighted by Crippen LogP contribution is 2.40. The van der Waals surface area contributed by atoms with Crippen molar-refractivity contribution in [1.29, 1.82) is 0 Å². The lowest BCUT2D eigenvalue weighted by Crippen LogP contribution is -2.41. The van der Waals surface area contributed by atoms with E-state index in [0.29, 0.717) is 35.0 Å². The zero-order chi connectivity index (χ0) is 24.7. The highest BCUT2D eigenvalue weighted by molar-refractivity contribution is 6.09. The molecule has 184 valence electrons. The summed E-state index contributed by atoms with van der Waals surface area (Å²) in [5.41, 5.74) is 9.16. The van der Waals surface area contributed by atoms with Gasteiger partial charge in [-0.15, -0.1) is 0 Å². The van der Waals surface area contributed by atoms with Crippen LogP contribution in [0, 0.1) is 12.8 Å². The molecule has 1 aliphatic heterocycles. The first-order valence-electron chi connectivity index (χ1n) is 12.3. The molecule has 0 unspecified atom stereocenters. The average molecular weight is 477 g/mol. The Balaban J connectivity index is 1.25. The summed E-state index contributed by atoms with van der Waals surface area (Å²) >= 11 is 0. The summed E-state index contributed by atoms with van der Waals surface area (Å²) in [5.74, 6) is 2.77. The topological polar surface area (TPSA) is 121 Å². The van der Waals surface area contributed by atoms with E-state index in [0.717, 1.165) is 42.8 Å². The van der Waals surface area contributed by atoms with Gasteiger partial charge in [-0.2, -0.15) is 14.7 Å². The molecule has 0 atom stereocenters. The predicted molar refractivity (Wildman–Crippen MR) is 133 cm³/mol. The maximum atomic E-state index is 11.3. The first kappa shape index (κ1) is 23.3. The van der Waals surface area contributed by atoms with Crippen molar-refractivity contribution in [1.82, 2.24) is 19.7 Å². The number of hydrogen-bond acceptors (Lipinski definition) is 8. The van der Waals surface area contributed by atoms with E-state index in [9.17, 15) is 4.79 Å². The van der Waals surface area contributed by atoms with E-state index in [1.807, 2.05) is 13.8 Å². The van der Waals surface area contributed by atoms with Gasteiger partial charge in [0.15, 0.2) is 11.5 Å². The minimum absolute atomic E-state index is 0.333. The second kappa shape index (κ2) is 8.94. The fraction of sp³-hybridized carbons (Fsp3) is 0.500. The lowest BCUT2D eigenvalue weighted by Gasteiger charge is -2.32. The van der Waals surface area contributed by atoms with Gasteiger partial charge < -0.3 is 15.0 Å². The van der Waals surface area contributed by atoms with Crippen molar-refractivity contribution < 1.29 is 9.26 Å². The summed E-state index contributed by atoms with van der Waals surface area (Å²) in [6.07, 6.45) is 6.51. The van der Waals surface area contributed by atoms with Crippen LogP contribution >= 0.6 is 0 Å². The van der Waals surface area contributed by atoms with Crippen molar-refractivity contribution in [2.24, 2.45) is 18.0 Å². The van der Waals surface area contributed by atoms with Gasteiger partial charge in [-0.3, -0.25) is 0 Å². The van der Waals surface area contributed by atoms with Crippen LogP contribution in [0.25, 0.3) is 0 Å². The van der Waals surface area contributed by atoms with E-state index < -0.39 is 11.4 Å². The third-order valence-corrected chi connectivity index (χ3v) is 7.21. The van der Waals surface area contributed by atoms with E-state index in [1.54, 1.807) is 14.0 Å². The maximum Gasteiger partial charge on any atom is 0.459 e. The molecule has 3 heterocycles. The van der Waals surface area contributed by atoms with Gasteiger partial charge in [-0.25, -0.2) is 14.8 Å². The monoisotopic (exact) mass is 476 g/mol. The number of ether oxygens (including phenoxy) is 1. The maximum absolute atomic E-state index is 11.3. The average Bonchev–Trinajstić information content (AvgIpc) is 3.14. The van der Waals surface area contributed by atoms with Gasteiger partial charge in [0.2, 0.25) is 5.88 Å². The third kappa shape index (κ3) is 4.72. The van der Waals surface area contributed by atoms with Crippen LogP contribution in [-0.4, -0.2) is 31.0 Å². The number of nitrogen functional groups attached to an aromatic ring is 1. The van der Waals surface area contributed by atoms with E-state index >= 15 is 0 Å². The number of hydrogen-bond donors (Lipinski definition) is 1. The number of anilines is 1. The number of benzene rings is 1. The number of fused-ring (bicyclic) bond motifs is 1. The fourth-order valence-electron chi connectivity index (χ4n) is 5.30. The Bertz CT molecular complexity index is 1310. The second-order valence-corrected chi connectivity index (χ2v) is 10.1. The van der Waals surface area contributed by atoms with Crippen LogP contribution in [0.15, 0.2) is 38.6 Å². The molecule has 3 aromatic rings. The van der Waals surface area contributed by atoms with Gasteiger partial charge in [-0.1, -0.05) is 24.3 Å². The third-order valence-electron chi connectivity index (χ3n) is 7.21. The largest absolute Gasteiger partial charge is 0.463 e. The highest BCUT2D eigenvalue weighted by Gasteiger charge is 2.35. The quantitative estimate of drug-likeness (QED) is 0.584. The van der Waals surface area contributed by atoms with Gasteiger partial charge in [0, 0.05) is 19.0 Å². The fourth-order valence-corrected chi connectivity index (χ4v) is 5.30. The molecule has 0 saturated heterocycles. The molecular formula is C26H32N6O3. The molecule has 1 aliphatic carbocycles. The van der Waals surface area contributed by atoms with E-state index in [4.69, 9.17) is 20.0 Å². The lowest BCUT2D eigenvalue weighted by molar-refractivity contribution is 0.171. The Morgan fingerprint density at radius 3 is 2.46 bits per heavy atom. The van der Waals surface area contributed by atoms with Crippen LogP contribution in [0.1, 0.15) is 74.6 Å². The van der Waals surface area contributed by atoms with Crippen LogP contribution in [0.3, 0.4) is 0 Å². The SMILES string of the molecule is Cc1nc(N)c2c(n1)OC(C)(C)C(c1ccc([C@H]3CC[C@H](CCc4nc(=O)on4C)CC3)cc1)=N2. The molecular weight excluding hydrogens is 444 g/mol. The first-order valence-corrected chi connectivity index (χ1v) is 12.3. The van der Waals surface area contributed by atoms with Gasteiger partial charge in [0.25, 0.3) is 0 Å². The number of aryl methyl sites for hydroxylation is 3. The van der Waals surface area contributed by atoms with Gasteiger partial charge >= 0.3 is 5.76 Å². The van der Waals surface area contributed by atoms with Crippen LogP contribution in [0.4, 0.5) is 11.5 Å². The molecule has 9 nitrogen and oxygen atoms in total. The number of rotatable bonds is 5. The van der Waals surface area contributed by atoms with E-state index in [-0.39, 0.29) is 0 Å². The molecule has 1 aromatic carbocycles. The summed E-state index contributed by atoms with van der Waals surface area (Å²) < 4.78 is 12.6. The Hall–Kier alpha value is -3.49. The van der Waals surface area contributed by atoms with Gasteiger partial charge in [0.05, 0.1) is 5.71 Å². The van der Waals surface area contributed by atoms with Gasteiger partial charge in [0.1, 0.15) is 17.2 Å². The second-order valence-electron chi connectivity index (χ2n) is 10.1. The van der Waals surface area contributed by atoms with Crippen LogP contribution < -0.4 is 16.2 Å². The molecule has 0 radical (unpaired) electrons.